The van der Waals surface area contributed by atoms with Crippen molar-refractivity contribution in [3.63, 3.8) is 0 Å². The van der Waals surface area contributed by atoms with Gasteiger partial charge in [0.15, 0.2) is 11.6 Å². The van der Waals surface area contributed by atoms with Gasteiger partial charge in [-0.3, -0.25) is 28.8 Å². The molecule has 0 spiro atoms. The maximum Gasteiger partial charge on any atom is 0.407 e. The molecule has 1 aliphatic carbocycles. The van der Waals surface area contributed by atoms with Crippen molar-refractivity contribution >= 4 is 58.9 Å². The number of fused-ring (bicyclic) bond motifs is 3. The molecule has 1 aliphatic rings. The number of ether oxygens (including phenoxy) is 1. The molecule has 3 heterocycles. The van der Waals surface area contributed by atoms with E-state index in [0.29, 0.717) is 0 Å². The predicted molar refractivity (Wildman–Crippen MR) is 216 cm³/mol. The molecule has 6 amide bonds. The van der Waals surface area contributed by atoms with Crippen molar-refractivity contribution < 1.29 is 43.4 Å². The summed E-state index contributed by atoms with van der Waals surface area (Å²) in [6.07, 6.45) is 3.30. The normalized spacial score (nSPS) is 11.5. The summed E-state index contributed by atoms with van der Waals surface area (Å²) in [5.74, 6) is -3.65. The Bertz CT molecular complexity index is 2420. The summed E-state index contributed by atoms with van der Waals surface area (Å²) in [5, 5.41) is 24.2. The van der Waals surface area contributed by atoms with E-state index in [1.54, 1.807) is 21.1 Å². The Balaban J connectivity index is 0.908. The molecule has 0 fully saturated rings. The number of aliphatic carboxylic acids is 1. The van der Waals surface area contributed by atoms with E-state index in [-0.39, 0.29) is 86.1 Å². The highest BCUT2D eigenvalue weighted by molar-refractivity contribution is 6.04. The maximum atomic E-state index is 13.1. The smallest absolute Gasteiger partial charge is 0.407 e. The van der Waals surface area contributed by atoms with Crippen LogP contribution in [0, 0.1) is 0 Å². The average molecular weight is 822 g/mol. The molecule has 0 bridgehead atoms. The number of amides is 6. The van der Waals surface area contributed by atoms with Gasteiger partial charge in [0.25, 0.3) is 17.7 Å². The van der Waals surface area contributed by atoms with Crippen molar-refractivity contribution in [1.82, 2.24) is 39.6 Å². The molecule has 312 valence electrons. The quantitative estimate of drug-likeness (QED) is 0.0717. The van der Waals surface area contributed by atoms with Crippen LogP contribution in [0.2, 0.25) is 0 Å². The first-order valence-electron chi connectivity index (χ1n) is 18.8. The molecule has 20 nitrogen and oxygen atoms in total. The number of hydrogen-bond acceptors (Lipinski definition) is 10. The number of nitrogens with one attached hydrogen (secondary N) is 6. The first-order valence-corrected chi connectivity index (χ1v) is 18.8. The van der Waals surface area contributed by atoms with Crippen molar-refractivity contribution in [1.29, 1.82) is 0 Å². The zero-order chi connectivity index (χ0) is 42.9. The first kappa shape index (κ1) is 41.9. The van der Waals surface area contributed by atoms with Crippen LogP contribution in [-0.4, -0.2) is 96.6 Å². The number of carbonyl (C=O) groups excluding carboxylic acids is 6. The molecule has 0 atom stereocenters. The van der Waals surface area contributed by atoms with E-state index in [9.17, 15) is 33.6 Å². The summed E-state index contributed by atoms with van der Waals surface area (Å²) >= 11 is 0. The summed E-state index contributed by atoms with van der Waals surface area (Å²) in [4.78, 5) is 94.9. The lowest BCUT2D eigenvalue weighted by atomic mass is 9.98. The zero-order valence-corrected chi connectivity index (χ0v) is 32.9. The average Bonchev–Trinajstić information content (AvgIpc) is 3.96. The largest absolute Gasteiger partial charge is 0.481 e. The number of rotatable bonds is 17. The molecular weight excluding hydrogens is 779 g/mol. The van der Waals surface area contributed by atoms with Gasteiger partial charge in [-0.15, -0.1) is 0 Å². The van der Waals surface area contributed by atoms with Gasteiger partial charge < -0.3 is 55.4 Å². The SMILES string of the molecule is Cn1cc(NC(=O)c2nc(NC(=O)CCNC(=O)OCC3c4ccccc4-c4ccccc43)cn2C)cc1C(=O)NCCC(=O)Nc1cn(C)c(C(=O)NCCC(=O)O)n1. The van der Waals surface area contributed by atoms with Gasteiger partial charge in [0.1, 0.15) is 12.3 Å². The number of benzene rings is 2. The van der Waals surface area contributed by atoms with E-state index in [0.717, 1.165) is 22.3 Å². The summed E-state index contributed by atoms with van der Waals surface area (Å²) in [6.45, 7) is 0.0263. The van der Waals surface area contributed by atoms with Crippen LogP contribution in [0.4, 0.5) is 22.1 Å². The molecule has 0 aliphatic heterocycles. The second-order valence-corrected chi connectivity index (χ2v) is 13.8. The minimum absolute atomic E-state index is 0.00686. The molecule has 2 aromatic carbocycles. The molecule has 0 saturated carbocycles. The molecule has 60 heavy (non-hydrogen) atoms. The van der Waals surface area contributed by atoms with Crippen LogP contribution < -0.4 is 31.9 Å². The molecule has 3 aromatic heterocycles. The Hall–Kier alpha value is -7.77. The molecular formula is C40H43N11O9. The number of imidazole rings is 2. The van der Waals surface area contributed by atoms with E-state index < -0.39 is 41.6 Å². The lowest BCUT2D eigenvalue weighted by Crippen LogP contribution is -2.29. The van der Waals surface area contributed by atoms with E-state index in [1.165, 1.54) is 38.4 Å². The second kappa shape index (κ2) is 18.7. The standard InChI is InChI=1S/C40H43N11O9/c1-49-19-23(18-29(49)37(56)41-15-12-32(52)45-30-20-50(2)35(47-30)38(57)42-17-14-34(54)55)44-39(58)36-48-31(21-51(36)3)46-33(53)13-16-43-40(59)60-22-28-26-10-6-4-8-24(26)25-9-5-7-11-27(25)28/h4-11,18-21,28H,12-17,22H2,1-3H3,(H,41,56)(H,42,57)(H,43,59)(H,44,58)(H,45,52)(H,46,53)(H,54,55). The van der Waals surface area contributed by atoms with Gasteiger partial charge in [-0.2, -0.15) is 0 Å². The minimum Gasteiger partial charge on any atom is -0.481 e. The fourth-order valence-electron chi connectivity index (χ4n) is 6.60. The third kappa shape index (κ3) is 10.2. The number of carboxylic acids is 1. The van der Waals surface area contributed by atoms with Gasteiger partial charge in [0, 0.05) is 78.1 Å². The van der Waals surface area contributed by atoms with Gasteiger partial charge in [-0.1, -0.05) is 48.5 Å². The lowest BCUT2D eigenvalue weighted by molar-refractivity contribution is -0.136. The van der Waals surface area contributed by atoms with Crippen LogP contribution in [0.5, 0.6) is 0 Å². The fourth-order valence-corrected chi connectivity index (χ4v) is 6.60. The number of alkyl carbamates (subject to hydrolysis) is 1. The Labute approximate surface area is 342 Å². The monoisotopic (exact) mass is 821 g/mol. The van der Waals surface area contributed by atoms with E-state index in [2.05, 4.69) is 41.9 Å². The number of anilines is 3. The maximum absolute atomic E-state index is 13.1. The number of aryl methyl sites for hydroxylation is 3. The van der Waals surface area contributed by atoms with E-state index in [4.69, 9.17) is 9.84 Å². The van der Waals surface area contributed by atoms with Crippen LogP contribution >= 0.6 is 0 Å². The predicted octanol–water partition coefficient (Wildman–Crippen LogP) is 2.57. The second-order valence-electron chi connectivity index (χ2n) is 13.8. The molecule has 0 radical (unpaired) electrons. The summed E-state index contributed by atoms with van der Waals surface area (Å²) in [5.41, 5.74) is 4.89. The molecule has 0 unspecified atom stereocenters. The fraction of sp³-hybridized carbons (Fsp3) is 0.275. The van der Waals surface area contributed by atoms with Crippen LogP contribution in [-0.2, 0) is 40.3 Å². The van der Waals surface area contributed by atoms with Gasteiger partial charge in [-0.25, -0.2) is 14.8 Å². The summed E-state index contributed by atoms with van der Waals surface area (Å²) in [7, 11) is 4.72. The summed E-state index contributed by atoms with van der Waals surface area (Å²) < 4.78 is 9.81. The van der Waals surface area contributed by atoms with E-state index >= 15 is 0 Å². The molecule has 20 heteroatoms. The van der Waals surface area contributed by atoms with Crippen molar-refractivity contribution in [3.05, 3.63) is 102 Å². The van der Waals surface area contributed by atoms with Crippen molar-refractivity contribution in [2.24, 2.45) is 21.1 Å². The topological polar surface area (TPSA) is 262 Å². The lowest BCUT2D eigenvalue weighted by Gasteiger charge is -2.14. The highest BCUT2D eigenvalue weighted by atomic mass is 16.5. The summed E-state index contributed by atoms with van der Waals surface area (Å²) in [6, 6.07) is 17.5. The highest BCUT2D eigenvalue weighted by Gasteiger charge is 2.29. The van der Waals surface area contributed by atoms with Gasteiger partial charge >= 0.3 is 12.1 Å². The van der Waals surface area contributed by atoms with Crippen molar-refractivity contribution in [2.75, 3.05) is 42.2 Å². The number of nitrogens with zero attached hydrogens (tertiary/aromatic N) is 5. The van der Waals surface area contributed by atoms with Crippen LogP contribution in [0.25, 0.3) is 11.1 Å². The Morgan fingerprint density at radius 1 is 0.633 bits per heavy atom. The Kier molecular flexibility index (Phi) is 13.0. The van der Waals surface area contributed by atoms with Crippen LogP contribution in [0.1, 0.15) is 68.0 Å². The van der Waals surface area contributed by atoms with Crippen LogP contribution in [0.15, 0.2) is 73.2 Å². The number of hydrogen-bond donors (Lipinski definition) is 7. The Morgan fingerprint density at radius 3 is 1.73 bits per heavy atom. The van der Waals surface area contributed by atoms with Gasteiger partial charge in [0.2, 0.25) is 23.5 Å². The Morgan fingerprint density at radius 2 is 1.15 bits per heavy atom. The number of aromatic nitrogens is 5. The number of carboxylic acid groups (broad SMARTS) is 1. The zero-order valence-electron chi connectivity index (χ0n) is 32.9. The van der Waals surface area contributed by atoms with Crippen molar-refractivity contribution in [3.8, 4) is 11.1 Å². The van der Waals surface area contributed by atoms with Gasteiger partial charge in [0.05, 0.1) is 12.1 Å². The molecule has 6 rings (SSSR count). The molecule has 5 aromatic rings. The first-order chi connectivity index (χ1) is 28.8. The minimum atomic E-state index is -1.06. The number of carbonyl (C=O) groups is 7. The molecule has 7 N–H and O–H groups in total. The molecule has 0 saturated heterocycles. The highest BCUT2D eigenvalue weighted by Crippen LogP contribution is 2.44. The van der Waals surface area contributed by atoms with E-state index in [1.807, 2.05) is 48.5 Å². The van der Waals surface area contributed by atoms with Gasteiger partial charge in [-0.05, 0) is 28.3 Å². The third-order valence-electron chi connectivity index (χ3n) is 9.42. The third-order valence-corrected chi connectivity index (χ3v) is 9.42. The van der Waals surface area contributed by atoms with Crippen LogP contribution in [0.3, 0.4) is 0 Å². The van der Waals surface area contributed by atoms with Crippen molar-refractivity contribution in [2.45, 2.75) is 25.2 Å².